The molecule has 3 rings (SSSR count). The number of alkyl halides is 2. The number of nitrogens with zero attached hydrogens (tertiary/aromatic N) is 3. The highest BCUT2D eigenvalue weighted by Gasteiger charge is 2.41. The molecule has 8 heteroatoms. The van der Waals surface area contributed by atoms with E-state index >= 15 is 0 Å². The monoisotopic (exact) mass is 357 g/mol. The topological polar surface area (TPSA) is 86.9 Å². The van der Waals surface area contributed by atoms with Gasteiger partial charge in [0, 0.05) is 23.3 Å². The van der Waals surface area contributed by atoms with E-state index in [4.69, 9.17) is 5.11 Å². The number of hydrogen-bond acceptors (Lipinski definition) is 5. The van der Waals surface area contributed by atoms with Gasteiger partial charge in [0.05, 0.1) is 11.6 Å². The van der Waals surface area contributed by atoms with Crippen LogP contribution in [-0.2, 0) is 4.79 Å². The normalized spacial score (nSPS) is 11.2. The molecule has 1 aromatic heterocycles. The second kappa shape index (κ2) is 6.45. The summed E-state index contributed by atoms with van der Waals surface area (Å²) in [5, 5.41) is 14.9. The molecule has 1 heterocycles. The zero-order valence-electron chi connectivity index (χ0n) is 12.5. The molecule has 0 saturated carbocycles. The number of fused-ring (bicyclic) bond motifs is 1. The molecular formula is C17H9F2N3O2S. The predicted octanol–water partition coefficient (Wildman–Crippen LogP) is 3.94. The Bertz CT molecular complexity index is 1020. The molecule has 1 N–H and O–H groups in total. The van der Waals surface area contributed by atoms with Crippen molar-refractivity contribution in [3.63, 3.8) is 0 Å². The minimum atomic E-state index is -4.03. The van der Waals surface area contributed by atoms with Gasteiger partial charge in [-0.15, -0.1) is 0 Å². The van der Waals surface area contributed by atoms with E-state index in [0.717, 1.165) is 0 Å². The third-order valence-electron chi connectivity index (χ3n) is 3.44. The third kappa shape index (κ3) is 3.14. The molecule has 0 aliphatic rings. The Morgan fingerprint density at radius 3 is 2.48 bits per heavy atom. The summed E-state index contributed by atoms with van der Waals surface area (Å²) in [4.78, 5) is 18.7. The number of carbonyl (C=O) groups is 1. The van der Waals surface area contributed by atoms with Gasteiger partial charge in [0.1, 0.15) is 10.7 Å². The molecule has 0 radical (unpaired) electrons. The van der Waals surface area contributed by atoms with Crippen LogP contribution in [0.4, 0.5) is 8.78 Å². The first-order chi connectivity index (χ1) is 11.9. The molecular weight excluding hydrogens is 348 g/mol. The predicted molar refractivity (Wildman–Crippen MR) is 88.1 cm³/mol. The van der Waals surface area contributed by atoms with Gasteiger partial charge in [-0.05, 0) is 23.2 Å². The van der Waals surface area contributed by atoms with Crippen LogP contribution < -0.4 is 0 Å². The number of aromatic nitrogens is 2. The first kappa shape index (κ1) is 16.8. The summed E-state index contributed by atoms with van der Waals surface area (Å²) in [7, 11) is 0. The maximum atomic E-state index is 13.6. The molecule has 25 heavy (non-hydrogen) atoms. The molecule has 0 unspecified atom stereocenters. The van der Waals surface area contributed by atoms with Crippen molar-refractivity contribution >= 4 is 28.5 Å². The quantitative estimate of drug-likeness (QED) is 0.712. The van der Waals surface area contributed by atoms with Crippen LogP contribution in [-0.4, -0.2) is 26.3 Å². The van der Waals surface area contributed by atoms with Gasteiger partial charge >= 0.3 is 11.2 Å². The maximum absolute atomic E-state index is 13.6. The highest BCUT2D eigenvalue weighted by Crippen LogP contribution is 2.40. The molecule has 0 aliphatic heterocycles. The van der Waals surface area contributed by atoms with Crippen molar-refractivity contribution in [3.05, 3.63) is 54.4 Å². The second-order valence-electron chi connectivity index (χ2n) is 4.95. The zero-order chi connectivity index (χ0) is 18.0. The van der Waals surface area contributed by atoms with E-state index < -0.39 is 11.2 Å². The number of carboxylic acid groups (broad SMARTS) is 1. The van der Waals surface area contributed by atoms with Gasteiger partial charge in [-0.25, -0.2) is 9.78 Å². The molecule has 0 atom stereocenters. The van der Waals surface area contributed by atoms with Crippen LogP contribution in [0.25, 0.3) is 22.0 Å². The van der Waals surface area contributed by atoms with E-state index in [1.807, 2.05) is 0 Å². The van der Waals surface area contributed by atoms with E-state index in [2.05, 4.69) is 16.0 Å². The molecule has 0 amide bonds. The van der Waals surface area contributed by atoms with E-state index in [0.29, 0.717) is 21.9 Å². The van der Waals surface area contributed by atoms with Gasteiger partial charge in [0.15, 0.2) is 0 Å². The van der Waals surface area contributed by atoms with E-state index in [1.165, 1.54) is 12.4 Å². The van der Waals surface area contributed by atoms with Crippen LogP contribution >= 0.6 is 11.8 Å². The number of benzene rings is 2. The fraction of sp³-hybridized carbons (Fsp3) is 0.0588. The fourth-order valence-corrected chi connectivity index (χ4v) is 3.06. The van der Waals surface area contributed by atoms with Crippen molar-refractivity contribution < 1.29 is 18.7 Å². The first-order valence-corrected chi connectivity index (χ1v) is 7.79. The van der Waals surface area contributed by atoms with Crippen molar-refractivity contribution in [3.8, 4) is 17.3 Å². The summed E-state index contributed by atoms with van der Waals surface area (Å²) in [6.07, 6.45) is 2.56. The first-order valence-electron chi connectivity index (χ1n) is 6.97. The summed E-state index contributed by atoms with van der Waals surface area (Å²) in [6, 6.07) is 12.2. The van der Waals surface area contributed by atoms with Gasteiger partial charge < -0.3 is 5.11 Å². The molecule has 0 fully saturated rings. The number of aliphatic carboxylic acids is 1. The van der Waals surface area contributed by atoms with Crippen LogP contribution in [0.3, 0.4) is 0 Å². The molecule has 124 valence electrons. The van der Waals surface area contributed by atoms with Crippen molar-refractivity contribution in [1.82, 2.24) is 9.97 Å². The van der Waals surface area contributed by atoms with Crippen LogP contribution in [0.1, 0.15) is 5.56 Å². The van der Waals surface area contributed by atoms with Gasteiger partial charge in [0.2, 0.25) is 0 Å². The lowest BCUT2D eigenvalue weighted by Gasteiger charge is -2.13. The number of halogens is 2. The fourth-order valence-electron chi connectivity index (χ4n) is 2.35. The number of rotatable bonds is 4. The minimum Gasteiger partial charge on any atom is -0.476 e. The second-order valence-corrected chi connectivity index (χ2v) is 6.06. The number of nitriles is 1. The largest absolute Gasteiger partial charge is 0.476 e. The van der Waals surface area contributed by atoms with Crippen molar-refractivity contribution in [2.45, 2.75) is 10.3 Å². The SMILES string of the molecule is N#Cc1ccc(-c2nccnc2SC(F)(F)C(=O)O)c2ccccc12. The van der Waals surface area contributed by atoms with Gasteiger partial charge in [0.25, 0.3) is 0 Å². The maximum Gasteiger partial charge on any atom is 0.394 e. The van der Waals surface area contributed by atoms with Crippen LogP contribution in [0.5, 0.6) is 0 Å². The Balaban J connectivity index is 2.21. The Morgan fingerprint density at radius 2 is 1.80 bits per heavy atom. The summed E-state index contributed by atoms with van der Waals surface area (Å²) >= 11 is -0.178. The highest BCUT2D eigenvalue weighted by atomic mass is 32.2. The Kier molecular flexibility index (Phi) is 4.33. The minimum absolute atomic E-state index is 0.133. The summed E-state index contributed by atoms with van der Waals surface area (Å²) in [5.41, 5.74) is 1.06. The number of carboxylic acids is 1. The molecule has 2 aromatic carbocycles. The third-order valence-corrected chi connectivity index (χ3v) is 4.36. The van der Waals surface area contributed by atoms with Crippen LogP contribution in [0, 0.1) is 11.3 Å². The average Bonchev–Trinajstić information content (AvgIpc) is 2.61. The van der Waals surface area contributed by atoms with Gasteiger partial charge in [-0.1, -0.05) is 30.3 Å². The van der Waals surface area contributed by atoms with Crippen molar-refractivity contribution in [1.29, 1.82) is 5.26 Å². The van der Waals surface area contributed by atoms with Gasteiger partial charge in [-0.3, -0.25) is 4.98 Å². The van der Waals surface area contributed by atoms with E-state index in [1.54, 1.807) is 36.4 Å². The molecule has 3 aromatic rings. The van der Waals surface area contributed by atoms with Crippen molar-refractivity contribution in [2.75, 3.05) is 0 Å². The van der Waals surface area contributed by atoms with Gasteiger partial charge in [-0.2, -0.15) is 14.0 Å². The number of thioether (sulfide) groups is 1. The Hall–Kier alpha value is -3.05. The summed E-state index contributed by atoms with van der Waals surface area (Å²) in [5.74, 6) is -2.25. The smallest absolute Gasteiger partial charge is 0.394 e. The lowest BCUT2D eigenvalue weighted by Crippen LogP contribution is -2.23. The Labute approximate surface area is 145 Å². The van der Waals surface area contributed by atoms with Crippen molar-refractivity contribution in [2.24, 2.45) is 0 Å². The average molecular weight is 357 g/mol. The summed E-state index contributed by atoms with van der Waals surface area (Å²) in [6.45, 7) is 0. The molecule has 5 nitrogen and oxygen atoms in total. The lowest BCUT2D eigenvalue weighted by atomic mass is 9.98. The van der Waals surface area contributed by atoms with E-state index in [9.17, 15) is 18.8 Å². The molecule has 0 saturated heterocycles. The Morgan fingerprint density at radius 1 is 1.12 bits per heavy atom. The lowest BCUT2D eigenvalue weighted by molar-refractivity contribution is -0.152. The number of hydrogen-bond donors (Lipinski definition) is 1. The van der Waals surface area contributed by atoms with E-state index in [-0.39, 0.29) is 22.5 Å². The zero-order valence-corrected chi connectivity index (χ0v) is 13.3. The standard InChI is InChI=1S/C17H9F2N3O2S/c18-17(19,16(23)24)25-15-14(21-7-8-22-15)13-6-5-10(9-20)11-3-1-2-4-12(11)13/h1-8H,(H,23,24). The van der Waals surface area contributed by atoms with Crippen LogP contribution in [0.2, 0.25) is 0 Å². The van der Waals surface area contributed by atoms with Crippen LogP contribution in [0.15, 0.2) is 53.8 Å². The molecule has 0 spiro atoms. The molecule has 0 aliphatic carbocycles. The summed E-state index contributed by atoms with van der Waals surface area (Å²) < 4.78 is 27.2. The molecule has 0 bridgehead atoms. The highest BCUT2D eigenvalue weighted by molar-refractivity contribution is 8.01.